The molecule has 4 heteroatoms. The minimum atomic E-state index is -1.07. The zero-order chi connectivity index (χ0) is 12.8. The van der Waals surface area contributed by atoms with E-state index >= 15 is 0 Å². The van der Waals surface area contributed by atoms with Gasteiger partial charge in [0.05, 0.1) is 11.6 Å². The molecule has 4 nitrogen and oxygen atoms in total. The molecule has 88 valence electrons. The molecule has 0 saturated heterocycles. The SMILES string of the molecule is C#CC(CC)NC(=O)c1cccc(C(=O)O)c1. The van der Waals surface area contributed by atoms with Gasteiger partial charge in [0.2, 0.25) is 0 Å². The molecule has 1 atom stereocenters. The second kappa shape index (κ2) is 5.71. The summed E-state index contributed by atoms with van der Waals surface area (Å²) in [5.41, 5.74) is 0.366. The number of hydrogen-bond acceptors (Lipinski definition) is 2. The quantitative estimate of drug-likeness (QED) is 0.772. The topological polar surface area (TPSA) is 66.4 Å². The highest BCUT2D eigenvalue weighted by Gasteiger charge is 2.11. The first-order chi connectivity index (χ1) is 8.08. The lowest BCUT2D eigenvalue weighted by molar-refractivity contribution is 0.0697. The van der Waals surface area contributed by atoms with Crippen LogP contribution < -0.4 is 5.32 Å². The molecule has 1 unspecified atom stereocenters. The van der Waals surface area contributed by atoms with E-state index in [1.807, 2.05) is 6.92 Å². The Morgan fingerprint density at radius 3 is 2.65 bits per heavy atom. The van der Waals surface area contributed by atoms with Crippen molar-refractivity contribution in [2.45, 2.75) is 19.4 Å². The predicted molar refractivity (Wildman–Crippen MR) is 63.8 cm³/mol. The highest BCUT2D eigenvalue weighted by molar-refractivity contribution is 5.97. The van der Waals surface area contributed by atoms with Crippen molar-refractivity contribution in [1.82, 2.24) is 5.32 Å². The summed E-state index contributed by atoms with van der Waals surface area (Å²) in [4.78, 5) is 22.5. The minimum absolute atomic E-state index is 0.0754. The van der Waals surface area contributed by atoms with Crippen molar-refractivity contribution in [3.63, 3.8) is 0 Å². The van der Waals surface area contributed by atoms with Crippen molar-refractivity contribution in [2.24, 2.45) is 0 Å². The maximum absolute atomic E-state index is 11.7. The molecule has 0 fully saturated rings. The summed E-state index contributed by atoms with van der Waals surface area (Å²) >= 11 is 0. The third-order valence-electron chi connectivity index (χ3n) is 2.29. The molecular formula is C13H13NO3. The molecule has 0 bridgehead atoms. The van der Waals surface area contributed by atoms with E-state index < -0.39 is 5.97 Å². The molecule has 1 aromatic carbocycles. The van der Waals surface area contributed by atoms with Gasteiger partial charge in [-0.15, -0.1) is 6.42 Å². The summed E-state index contributed by atoms with van der Waals surface area (Å²) in [5, 5.41) is 11.4. The standard InChI is InChI=1S/C13H13NO3/c1-3-11(4-2)14-12(15)9-6-5-7-10(8-9)13(16)17/h1,5-8,11H,4H2,2H3,(H,14,15)(H,16,17). The van der Waals surface area contributed by atoms with Crippen LogP contribution in [0.1, 0.15) is 34.1 Å². The van der Waals surface area contributed by atoms with Gasteiger partial charge in [-0.1, -0.05) is 18.9 Å². The Bertz CT molecular complexity index is 474. The number of hydrogen-bond donors (Lipinski definition) is 2. The normalized spacial score (nSPS) is 11.3. The van der Waals surface area contributed by atoms with Crippen molar-refractivity contribution < 1.29 is 14.7 Å². The largest absolute Gasteiger partial charge is 0.478 e. The van der Waals surface area contributed by atoms with E-state index in [2.05, 4.69) is 11.2 Å². The second-order valence-electron chi connectivity index (χ2n) is 3.49. The molecular weight excluding hydrogens is 218 g/mol. The fraction of sp³-hybridized carbons (Fsp3) is 0.231. The molecule has 17 heavy (non-hydrogen) atoms. The van der Waals surface area contributed by atoms with Gasteiger partial charge in [0, 0.05) is 5.56 Å². The van der Waals surface area contributed by atoms with Crippen LogP contribution >= 0.6 is 0 Å². The molecule has 1 rings (SSSR count). The van der Waals surface area contributed by atoms with Gasteiger partial charge in [0.1, 0.15) is 0 Å². The van der Waals surface area contributed by atoms with Gasteiger partial charge >= 0.3 is 5.97 Å². The number of carboxylic acids is 1. The molecule has 2 N–H and O–H groups in total. The third kappa shape index (κ3) is 3.35. The fourth-order valence-corrected chi connectivity index (χ4v) is 1.30. The molecule has 0 heterocycles. The van der Waals surface area contributed by atoms with Crippen LogP contribution in [-0.4, -0.2) is 23.0 Å². The number of rotatable bonds is 4. The highest BCUT2D eigenvalue weighted by Crippen LogP contribution is 2.06. The van der Waals surface area contributed by atoms with E-state index in [0.29, 0.717) is 12.0 Å². The van der Waals surface area contributed by atoms with Crippen LogP contribution in [0.3, 0.4) is 0 Å². The molecule has 0 aliphatic carbocycles. The van der Waals surface area contributed by atoms with Gasteiger partial charge in [-0.25, -0.2) is 4.79 Å². The van der Waals surface area contributed by atoms with E-state index in [-0.39, 0.29) is 17.5 Å². The maximum atomic E-state index is 11.7. The summed E-state index contributed by atoms with van der Waals surface area (Å²) in [6.07, 6.45) is 5.85. The summed E-state index contributed by atoms with van der Waals surface area (Å²) < 4.78 is 0. The van der Waals surface area contributed by atoms with Gasteiger partial charge in [0.15, 0.2) is 0 Å². The van der Waals surface area contributed by atoms with Crippen LogP contribution in [0.5, 0.6) is 0 Å². The molecule has 1 amide bonds. The second-order valence-corrected chi connectivity index (χ2v) is 3.49. The number of amides is 1. The molecule has 0 spiro atoms. The number of carbonyl (C=O) groups excluding carboxylic acids is 1. The summed E-state index contributed by atoms with van der Waals surface area (Å²) in [6.45, 7) is 1.86. The lowest BCUT2D eigenvalue weighted by Gasteiger charge is -2.10. The number of carbonyl (C=O) groups is 2. The third-order valence-corrected chi connectivity index (χ3v) is 2.29. The maximum Gasteiger partial charge on any atom is 0.335 e. The van der Waals surface area contributed by atoms with Gasteiger partial charge < -0.3 is 10.4 Å². The van der Waals surface area contributed by atoms with Crippen LogP contribution in [0.4, 0.5) is 0 Å². The van der Waals surface area contributed by atoms with Crippen molar-refractivity contribution in [3.05, 3.63) is 35.4 Å². The van der Waals surface area contributed by atoms with E-state index in [0.717, 1.165) is 0 Å². The number of nitrogens with one attached hydrogen (secondary N) is 1. The Labute approximate surface area is 99.7 Å². The van der Waals surface area contributed by atoms with Crippen LogP contribution in [0.15, 0.2) is 24.3 Å². The number of carboxylic acid groups (broad SMARTS) is 1. The van der Waals surface area contributed by atoms with Gasteiger partial charge in [-0.3, -0.25) is 4.79 Å². The van der Waals surface area contributed by atoms with E-state index in [9.17, 15) is 9.59 Å². The lowest BCUT2D eigenvalue weighted by atomic mass is 10.1. The smallest absolute Gasteiger partial charge is 0.335 e. The summed E-state index contributed by atoms with van der Waals surface area (Å²) in [6, 6.07) is 5.48. The highest BCUT2D eigenvalue weighted by atomic mass is 16.4. The summed E-state index contributed by atoms with van der Waals surface area (Å²) in [5.74, 6) is 1.01. The monoisotopic (exact) mass is 231 g/mol. The van der Waals surface area contributed by atoms with Gasteiger partial charge in [0.25, 0.3) is 5.91 Å². The lowest BCUT2D eigenvalue weighted by Crippen LogP contribution is -2.33. The number of terminal acetylenes is 1. The molecule has 0 aliphatic heterocycles. The predicted octanol–water partition coefficient (Wildman–Crippen LogP) is 1.53. The first-order valence-corrected chi connectivity index (χ1v) is 5.18. The van der Waals surface area contributed by atoms with E-state index in [1.165, 1.54) is 18.2 Å². The zero-order valence-corrected chi connectivity index (χ0v) is 9.43. The van der Waals surface area contributed by atoms with Crippen molar-refractivity contribution in [3.8, 4) is 12.3 Å². The average Bonchev–Trinajstić information content (AvgIpc) is 2.35. The Balaban J connectivity index is 2.86. The Morgan fingerprint density at radius 2 is 2.12 bits per heavy atom. The van der Waals surface area contributed by atoms with Crippen LogP contribution in [-0.2, 0) is 0 Å². The Hall–Kier alpha value is -2.28. The molecule has 1 aromatic rings. The van der Waals surface area contributed by atoms with Crippen molar-refractivity contribution in [1.29, 1.82) is 0 Å². The molecule has 0 aliphatic rings. The van der Waals surface area contributed by atoms with Gasteiger partial charge in [-0.2, -0.15) is 0 Å². The first kappa shape index (κ1) is 12.8. The Kier molecular flexibility index (Phi) is 4.29. The number of aromatic carboxylic acids is 1. The van der Waals surface area contributed by atoms with Crippen LogP contribution in [0.25, 0.3) is 0 Å². The van der Waals surface area contributed by atoms with Crippen LogP contribution in [0.2, 0.25) is 0 Å². The van der Waals surface area contributed by atoms with Crippen LogP contribution in [0, 0.1) is 12.3 Å². The minimum Gasteiger partial charge on any atom is -0.478 e. The van der Waals surface area contributed by atoms with E-state index in [1.54, 1.807) is 6.07 Å². The zero-order valence-electron chi connectivity index (χ0n) is 9.43. The fourth-order valence-electron chi connectivity index (χ4n) is 1.30. The first-order valence-electron chi connectivity index (χ1n) is 5.18. The van der Waals surface area contributed by atoms with E-state index in [4.69, 9.17) is 11.5 Å². The average molecular weight is 231 g/mol. The molecule has 0 saturated carbocycles. The Morgan fingerprint density at radius 1 is 1.47 bits per heavy atom. The van der Waals surface area contributed by atoms with Crippen molar-refractivity contribution >= 4 is 11.9 Å². The summed E-state index contributed by atoms with van der Waals surface area (Å²) in [7, 11) is 0. The number of benzene rings is 1. The van der Waals surface area contributed by atoms with Crippen molar-refractivity contribution in [2.75, 3.05) is 0 Å². The molecule has 0 aromatic heterocycles. The molecule has 0 radical (unpaired) electrons. The van der Waals surface area contributed by atoms with Gasteiger partial charge in [-0.05, 0) is 24.6 Å².